The quantitative estimate of drug-likeness (QED) is 0.545. The van der Waals surface area contributed by atoms with Crippen LogP contribution in [0, 0.1) is 0 Å². The molecule has 1 atom stereocenters. The van der Waals surface area contributed by atoms with Crippen molar-refractivity contribution in [2.75, 3.05) is 41.5 Å². The van der Waals surface area contributed by atoms with Crippen molar-refractivity contribution in [2.24, 2.45) is 0 Å². The maximum Gasteiger partial charge on any atom is 0.272 e. The van der Waals surface area contributed by atoms with Gasteiger partial charge in [-0.2, -0.15) is 10.1 Å². The Morgan fingerprint density at radius 1 is 1.00 bits per heavy atom. The van der Waals surface area contributed by atoms with Crippen LogP contribution < -0.4 is 23.7 Å². The van der Waals surface area contributed by atoms with Gasteiger partial charge in [-0.05, 0) is 18.2 Å². The lowest BCUT2D eigenvalue weighted by Gasteiger charge is -2.16. The van der Waals surface area contributed by atoms with Crippen LogP contribution in [0.2, 0.25) is 0 Å². The van der Waals surface area contributed by atoms with E-state index in [1.165, 1.54) is 19.5 Å². The second-order valence-electron chi connectivity index (χ2n) is 7.26. The summed E-state index contributed by atoms with van der Waals surface area (Å²) < 4.78 is 27.1. The Hall–Kier alpha value is -4.02. The molecule has 1 saturated heterocycles. The predicted octanol–water partition coefficient (Wildman–Crippen LogP) is 2.19. The fourth-order valence-corrected chi connectivity index (χ4v) is 3.64. The van der Waals surface area contributed by atoms with Crippen molar-refractivity contribution in [1.82, 2.24) is 25.1 Å². The lowest BCUT2D eigenvalue weighted by atomic mass is 10.1. The van der Waals surface area contributed by atoms with Crippen LogP contribution in [0.3, 0.4) is 0 Å². The molecule has 3 aromatic rings. The van der Waals surface area contributed by atoms with Crippen LogP contribution in [-0.4, -0.2) is 78.6 Å². The molecule has 3 heterocycles. The molecule has 1 fully saturated rings. The maximum atomic E-state index is 13.0. The van der Waals surface area contributed by atoms with Gasteiger partial charge in [0.1, 0.15) is 11.8 Å². The highest BCUT2D eigenvalue weighted by atomic mass is 16.5. The summed E-state index contributed by atoms with van der Waals surface area (Å²) in [6.07, 6.45) is 3.51. The van der Waals surface area contributed by atoms with E-state index in [1.807, 2.05) is 0 Å². The van der Waals surface area contributed by atoms with Crippen LogP contribution in [0.25, 0.3) is 11.3 Å². The molecular formula is C22H25N5O6. The first kappa shape index (κ1) is 22.2. The first-order valence-electron chi connectivity index (χ1n) is 10.2. The first-order chi connectivity index (χ1) is 16.1. The largest absolute Gasteiger partial charge is 0.493 e. The maximum absolute atomic E-state index is 13.0. The van der Waals surface area contributed by atoms with E-state index in [2.05, 4.69) is 20.2 Å². The van der Waals surface area contributed by atoms with Gasteiger partial charge in [0, 0.05) is 18.5 Å². The minimum Gasteiger partial charge on any atom is -0.493 e. The second-order valence-corrected chi connectivity index (χ2v) is 7.26. The van der Waals surface area contributed by atoms with E-state index >= 15 is 0 Å². The van der Waals surface area contributed by atoms with Gasteiger partial charge in [-0.3, -0.25) is 14.9 Å². The number of benzene rings is 1. The molecule has 1 aromatic carbocycles. The minimum absolute atomic E-state index is 0.163. The fourth-order valence-electron chi connectivity index (χ4n) is 3.64. The van der Waals surface area contributed by atoms with E-state index in [-0.39, 0.29) is 12.0 Å². The van der Waals surface area contributed by atoms with E-state index in [9.17, 15) is 4.79 Å². The van der Waals surface area contributed by atoms with Crippen LogP contribution >= 0.6 is 0 Å². The van der Waals surface area contributed by atoms with Crippen molar-refractivity contribution in [1.29, 1.82) is 0 Å². The molecular weight excluding hydrogens is 430 g/mol. The summed E-state index contributed by atoms with van der Waals surface area (Å²) in [5.74, 6) is 2.06. The normalized spacial score (nSPS) is 15.3. The van der Waals surface area contributed by atoms with Crippen LogP contribution in [0.1, 0.15) is 16.9 Å². The van der Waals surface area contributed by atoms with E-state index < -0.39 is 0 Å². The van der Waals surface area contributed by atoms with Crippen molar-refractivity contribution < 1.29 is 28.5 Å². The number of carbonyl (C=O) groups is 1. The second kappa shape index (κ2) is 9.63. The van der Waals surface area contributed by atoms with Gasteiger partial charge in [-0.1, -0.05) is 0 Å². The molecule has 1 aliphatic rings. The van der Waals surface area contributed by atoms with Crippen LogP contribution in [0.15, 0.2) is 30.6 Å². The SMILES string of the molecule is COc1cncc(OC2CCN(C(=O)c3cc(-c4cc(OC)c(OC)c(OC)c4)n[nH]3)C2)n1. The summed E-state index contributed by atoms with van der Waals surface area (Å²) in [4.78, 5) is 23.0. The molecule has 0 saturated carbocycles. The van der Waals surface area contributed by atoms with Crippen molar-refractivity contribution in [3.05, 3.63) is 36.3 Å². The average molecular weight is 455 g/mol. The third-order valence-electron chi connectivity index (χ3n) is 5.29. The van der Waals surface area contributed by atoms with Crippen molar-refractivity contribution in [3.63, 3.8) is 0 Å². The van der Waals surface area contributed by atoms with Crippen molar-refractivity contribution in [3.8, 4) is 40.3 Å². The number of nitrogens with one attached hydrogen (secondary N) is 1. The smallest absolute Gasteiger partial charge is 0.272 e. The summed E-state index contributed by atoms with van der Waals surface area (Å²) in [6, 6.07) is 5.26. The number of aromatic amines is 1. The Labute approximate surface area is 190 Å². The molecule has 1 N–H and O–H groups in total. The molecule has 11 nitrogen and oxygen atoms in total. The zero-order chi connectivity index (χ0) is 23.4. The number of ether oxygens (including phenoxy) is 5. The van der Waals surface area contributed by atoms with Gasteiger partial charge in [0.2, 0.25) is 17.5 Å². The Kier molecular flexibility index (Phi) is 6.48. The fraction of sp³-hybridized carbons (Fsp3) is 0.364. The van der Waals surface area contributed by atoms with Crippen LogP contribution in [0.5, 0.6) is 29.0 Å². The third-order valence-corrected chi connectivity index (χ3v) is 5.29. The van der Waals surface area contributed by atoms with Gasteiger partial charge in [-0.25, -0.2) is 0 Å². The van der Waals surface area contributed by atoms with Gasteiger partial charge >= 0.3 is 0 Å². The predicted molar refractivity (Wildman–Crippen MR) is 117 cm³/mol. The van der Waals surface area contributed by atoms with Crippen molar-refractivity contribution >= 4 is 5.91 Å². The number of amides is 1. The Bertz CT molecular complexity index is 1110. The highest BCUT2D eigenvalue weighted by Gasteiger charge is 2.30. The summed E-state index contributed by atoms with van der Waals surface area (Å²) in [6.45, 7) is 0.982. The highest BCUT2D eigenvalue weighted by Crippen LogP contribution is 2.40. The number of carbonyl (C=O) groups excluding carboxylic acids is 1. The molecule has 33 heavy (non-hydrogen) atoms. The molecule has 1 amide bonds. The molecule has 11 heteroatoms. The van der Waals surface area contributed by atoms with Crippen molar-refractivity contribution in [2.45, 2.75) is 12.5 Å². The Morgan fingerprint density at radius 3 is 2.39 bits per heavy atom. The highest BCUT2D eigenvalue weighted by molar-refractivity contribution is 5.93. The molecule has 0 bridgehead atoms. The summed E-state index contributed by atoms with van der Waals surface area (Å²) in [5, 5.41) is 7.13. The molecule has 0 aliphatic carbocycles. The van der Waals surface area contributed by atoms with Gasteiger partial charge in [0.05, 0.1) is 53.1 Å². The van der Waals surface area contributed by atoms with E-state index in [1.54, 1.807) is 44.4 Å². The standard InChI is InChI=1S/C22H25N5O6/c1-29-17-7-13(8-18(30-2)21(17)32-4)15-9-16(26-25-15)22(28)27-6-5-14(12-27)33-20-11-23-10-19(24-20)31-3/h7-11,14H,5-6,12H2,1-4H3,(H,25,26). The number of aromatic nitrogens is 4. The number of H-pyrrole nitrogens is 1. The Balaban J connectivity index is 1.46. The molecule has 1 aliphatic heterocycles. The number of hydrogen-bond acceptors (Lipinski definition) is 9. The monoisotopic (exact) mass is 455 g/mol. The number of methoxy groups -OCH3 is 4. The number of hydrogen-bond donors (Lipinski definition) is 1. The molecule has 0 radical (unpaired) electrons. The van der Waals surface area contributed by atoms with E-state index in [0.29, 0.717) is 59.9 Å². The minimum atomic E-state index is -0.187. The number of rotatable bonds is 8. The average Bonchev–Trinajstić information content (AvgIpc) is 3.53. The molecule has 0 spiro atoms. The van der Waals surface area contributed by atoms with Crippen LogP contribution in [-0.2, 0) is 0 Å². The first-order valence-corrected chi connectivity index (χ1v) is 10.2. The molecule has 2 aromatic heterocycles. The van der Waals surface area contributed by atoms with E-state index in [4.69, 9.17) is 23.7 Å². The number of likely N-dealkylation sites (tertiary alicyclic amines) is 1. The molecule has 4 rings (SSSR count). The summed E-state index contributed by atoms with van der Waals surface area (Å²) in [7, 11) is 6.15. The summed E-state index contributed by atoms with van der Waals surface area (Å²) >= 11 is 0. The lowest BCUT2D eigenvalue weighted by molar-refractivity contribution is 0.0765. The van der Waals surface area contributed by atoms with E-state index in [0.717, 1.165) is 5.56 Å². The third kappa shape index (κ3) is 4.61. The van der Waals surface area contributed by atoms with Gasteiger partial charge in [0.15, 0.2) is 11.5 Å². The molecule has 1 unspecified atom stereocenters. The zero-order valence-corrected chi connectivity index (χ0v) is 18.8. The molecule has 174 valence electrons. The number of nitrogens with zero attached hydrogens (tertiary/aromatic N) is 4. The zero-order valence-electron chi connectivity index (χ0n) is 18.8. The Morgan fingerprint density at radius 2 is 1.73 bits per heavy atom. The van der Waals surface area contributed by atoms with Gasteiger partial charge in [-0.15, -0.1) is 0 Å². The van der Waals surface area contributed by atoms with Crippen LogP contribution in [0.4, 0.5) is 0 Å². The summed E-state index contributed by atoms with van der Waals surface area (Å²) in [5.41, 5.74) is 1.68. The van der Waals surface area contributed by atoms with Gasteiger partial charge in [0.25, 0.3) is 5.91 Å². The van der Waals surface area contributed by atoms with Gasteiger partial charge < -0.3 is 28.6 Å². The lowest BCUT2D eigenvalue weighted by Crippen LogP contribution is -2.31. The topological polar surface area (TPSA) is 121 Å².